The van der Waals surface area contributed by atoms with E-state index >= 15 is 0 Å². The van der Waals surface area contributed by atoms with Crippen molar-refractivity contribution in [1.82, 2.24) is 29.1 Å². The molecule has 1 fully saturated rings. The van der Waals surface area contributed by atoms with Gasteiger partial charge in [0.2, 0.25) is 0 Å². The van der Waals surface area contributed by atoms with E-state index in [1.165, 1.54) is 50.9 Å². The number of fused-ring (bicyclic) bond motifs is 1. The van der Waals surface area contributed by atoms with Crippen LogP contribution < -0.4 is 10.9 Å². The second-order valence-corrected chi connectivity index (χ2v) is 9.87. The van der Waals surface area contributed by atoms with Crippen LogP contribution in [0.3, 0.4) is 0 Å². The number of nitrogens with zero attached hydrogens (tertiary/aromatic N) is 6. The third kappa shape index (κ3) is 5.36. The molecule has 1 saturated heterocycles. The van der Waals surface area contributed by atoms with E-state index in [1.807, 2.05) is 0 Å². The summed E-state index contributed by atoms with van der Waals surface area (Å²) < 4.78 is 16.1. The van der Waals surface area contributed by atoms with Crippen LogP contribution in [0, 0.1) is 5.82 Å². The van der Waals surface area contributed by atoms with Crippen LogP contribution in [0.25, 0.3) is 16.7 Å². The molecule has 0 atom stereocenters. The predicted molar refractivity (Wildman–Crippen MR) is 142 cm³/mol. The number of likely N-dealkylation sites (tertiary alicyclic amines) is 1. The van der Waals surface area contributed by atoms with E-state index in [9.17, 15) is 23.9 Å². The fourth-order valence-corrected chi connectivity index (χ4v) is 4.55. The molecule has 0 bridgehead atoms. The van der Waals surface area contributed by atoms with Gasteiger partial charge in [0.05, 0.1) is 24.0 Å². The highest BCUT2D eigenvalue weighted by Crippen LogP contribution is 2.25. The van der Waals surface area contributed by atoms with Crippen molar-refractivity contribution >= 4 is 28.7 Å². The Morgan fingerprint density at radius 3 is 2.38 bits per heavy atom. The first kappa shape index (κ1) is 26.0. The minimum Gasteiger partial charge on any atom is -0.388 e. The number of carbonyl (C=O) groups excluding carboxylic acids is 2. The maximum Gasteiger partial charge on any atom is 0.321 e. The molecule has 0 radical (unpaired) electrons. The molecule has 1 aliphatic heterocycles. The number of nitrogens with one attached hydrogen (secondary N) is 1. The number of hydrogen-bond donors (Lipinski definition) is 2. The molecule has 12 heteroatoms. The van der Waals surface area contributed by atoms with E-state index in [2.05, 4.69) is 15.4 Å². The predicted octanol–water partition coefficient (Wildman–Crippen LogP) is 2.48. The third-order valence-electron chi connectivity index (χ3n) is 6.86. The molecular formula is C27H28FN7O4. The molecule has 2 aromatic heterocycles. The number of piperidine rings is 1. The zero-order valence-corrected chi connectivity index (χ0v) is 21.5. The highest BCUT2D eigenvalue weighted by atomic mass is 19.1. The van der Waals surface area contributed by atoms with E-state index in [-0.39, 0.29) is 36.9 Å². The topological polar surface area (TPSA) is 126 Å². The average Bonchev–Trinajstić information content (AvgIpc) is 3.36. The van der Waals surface area contributed by atoms with E-state index in [0.29, 0.717) is 41.1 Å². The zero-order chi connectivity index (χ0) is 27.7. The summed E-state index contributed by atoms with van der Waals surface area (Å²) in [5.41, 5.74) is 0.504. The van der Waals surface area contributed by atoms with Crippen LogP contribution in [0.4, 0.5) is 14.9 Å². The highest BCUT2D eigenvalue weighted by Gasteiger charge is 2.35. The molecule has 2 aromatic carbocycles. The number of anilines is 1. The SMILES string of the molecule is CN(C)C(=O)Nc1ccc(-n2ncc3c(=O)n(CC4(O)CCN(C(=O)c5ccc(F)cc5)CC4)cnc32)cc1. The molecule has 0 unspecified atom stereocenters. The van der Waals surface area contributed by atoms with Crippen molar-refractivity contribution in [2.24, 2.45) is 0 Å². The number of carbonyl (C=O) groups is 2. The summed E-state index contributed by atoms with van der Waals surface area (Å²) in [5.74, 6) is -0.637. The molecule has 1 aliphatic rings. The Bertz CT molecular complexity index is 1570. The number of aliphatic hydroxyl groups is 1. The lowest BCUT2D eigenvalue weighted by atomic mass is 9.91. The molecule has 0 aliphatic carbocycles. The Kier molecular flexibility index (Phi) is 6.87. The first-order valence-corrected chi connectivity index (χ1v) is 12.4. The summed E-state index contributed by atoms with van der Waals surface area (Å²) >= 11 is 0. The summed E-state index contributed by atoms with van der Waals surface area (Å²) in [6.07, 6.45) is 3.39. The van der Waals surface area contributed by atoms with Gasteiger partial charge in [0, 0.05) is 38.4 Å². The van der Waals surface area contributed by atoms with Crippen molar-refractivity contribution in [2.45, 2.75) is 25.0 Å². The molecule has 11 nitrogen and oxygen atoms in total. The summed E-state index contributed by atoms with van der Waals surface area (Å²) in [6, 6.07) is 12.1. The van der Waals surface area contributed by atoms with Gasteiger partial charge in [-0.05, 0) is 61.4 Å². The van der Waals surface area contributed by atoms with Gasteiger partial charge < -0.3 is 20.2 Å². The van der Waals surface area contributed by atoms with Crippen molar-refractivity contribution in [3.8, 4) is 5.69 Å². The number of benzene rings is 2. The maximum absolute atomic E-state index is 13.2. The average molecular weight is 534 g/mol. The fourth-order valence-electron chi connectivity index (χ4n) is 4.55. The monoisotopic (exact) mass is 533 g/mol. The molecule has 202 valence electrons. The second-order valence-electron chi connectivity index (χ2n) is 9.87. The van der Waals surface area contributed by atoms with Crippen molar-refractivity contribution < 1.29 is 19.1 Å². The van der Waals surface area contributed by atoms with Crippen molar-refractivity contribution in [1.29, 1.82) is 0 Å². The van der Waals surface area contributed by atoms with E-state index in [1.54, 1.807) is 43.3 Å². The maximum atomic E-state index is 13.2. The van der Waals surface area contributed by atoms with Crippen molar-refractivity contribution in [2.75, 3.05) is 32.5 Å². The van der Waals surface area contributed by atoms with Crippen LogP contribution in [-0.4, -0.2) is 79.0 Å². The van der Waals surface area contributed by atoms with Crippen molar-refractivity contribution in [3.63, 3.8) is 0 Å². The van der Waals surface area contributed by atoms with Crippen LogP contribution >= 0.6 is 0 Å². The third-order valence-corrected chi connectivity index (χ3v) is 6.86. The summed E-state index contributed by atoms with van der Waals surface area (Å²) in [5, 5.41) is 18.6. The first-order chi connectivity index (χ1) is 18.6. The zero-order valence-electron chi connectivity index (χ0n) is 21.5. The molecule has 39 heavy (non-hydrogen) atoms. The first-order valence-electron chi connectivity index (χ1n) is 12.4. The largest absolute Gasteiger partial charge is 0.388 e. The number of rotatable bonds is 5. The van der Waals surface area contributed by atoms with E-state index in [0.717, 1.165) is 0 Å². The van der Waals surface area contributed by atoms with Crippen LogP contribution in [0.5, 0.6) is 0 Å². The molecule has 3 amide bonds. The number of hydrogen-bond acceptors (Lipinski definition) is 6. The number of amides is 3. The number of urea groups is 1. The van der Waals surface area contributed by atoms with Gasteiger partial charge in [0.25, 0.3) is 11.5 Å². The van der Waals surface area contributed by atoms with Gasteiger partial charge in [0.1, 0.15) is 17.5 Å². The normalized spacial score (nSPS) is 14.8. The van der Waals surface area contributed by atoms with Crippen molar-refractivity contribution in [3.05, 3.63) is 82.8 Å². The van der Waals surface area contributed by atoms with Crippen LogP contribution in [0.15, 0.2) is 65.8 Å². The second kappa shape index (κ2) is 10.3. The Hall–Kier alpha value is -4.58. The lowest BCUT2D eigenvalue weighted by Gasteiger charge is -2.38. The molecule has 2 N–H and O–H groups in total. The Balaban J connectivity index is 1.28. The quantitative estimate of drug-likeness (QED) is 0.406. The van der Waals surface area contributed by atoms with Crippen LogP contribution in [0.1, 0.15) is 23.2 Å². The van der Waals surface area contributed by atoms with Gasteiger partial charge in [-0.2, -0.15) is 5.10 Å². The summed E-state index contributed by atoms with van der Waals surface area (Å²) in [7, 11) is 3.30. The molecule has 0 spiro atoms. The van der Waals surface area contributed by atoms with Gasteiger partial charge in [0.15, 0.2) is 5.65 Å². The summed E-state index contributed by atoms with van der Waals surface area (Å²) in [6.45, 7) is 0.638. The fraction of sp³-hybridized carbons (Fsp3) is 0.296. The molecule has 4 aromatic rings. The standard InChI is InChI=1S/C27H28FN7O4/c1-32(2)26(38)31-20-7-9-21(10-8-20)35-23-22(15-30-35)25(37)34(17-29-23)16-27(39)11-13-33(14-12-27)24(36)18-3-5-19(28)6-4-18/h3-10,15,17,39H,11-14,16H2,1-2H3,(H,31,38). The highest BCUT2D eigenvalue weighted by molar-refractivity contribution is 5.94. The lowest BCUT2D eigenvalue weighted by molar-refractivity contribution is -0.0299. The Morgan fingerprint density at radius 1 is 1.08 bits per heavy atom. The smallest absolute Gasteiger partial charge is 0.321 e. The lowest BCUT2D eigenvalue weighted by Crippen LogP contribution is -2.49. The van der Waals surface area contributed by atoms with Gasteiger partial charge >= 0.3 is 6.03 Å². The molecule has 5 rings (SSSR count). The summed E-state index contributed by atoms with van der Waals surface area (Å²) in [4.78, 5) is 45.3. The van der Waals surface area contributed by atoms with Crippen LogP contribution in [0.2, 0.25) is 0 Å². The van der Waals surface area contributed by atoms with Gasteiger partial charge in [-0.25, -0.2) is 18.9 Å². The minimum atomic E-state index is -1.19. The molecule has 0 saturated carbocycles. The molecule has 3 heterocycles. The van der Waals surface area contributed by atoms with E-state index < -0.39 is 11.4 Å². The minimum absolute atomic E-state index is 0.0266. The van der Waals surface area contributed by atoms with Gasteiger partial charge in [-0.3, -0.25) is 14.2 Å². The Morgan fingerprint density at radius 2 is 1.74 bits per heavy atom. The molecular weight excluding hydrogens is 505 g/mol. The van der Waals surface area contributed by atoms with Gasteiger partial charge in [-0.1, -0.05) is 0 Å². The Labute approximate surface area is 223 Å². The number of aromatic nitrogens is 4. The number of halogens is 1. The van der Waals surface area contributed by atoms with Gasteiger partial charge in [-0.15, -0.1) is 0 Å². The van der Waals surface area contributed by atoms with E-state index in [4.69, 9.17) is 0 Å². The van der Waals surface area contributed by atoms with Crippen LogP contribution in [-0.2, 0) is 6.54 Å².